The van der Waals surface area contributed by atoms with Gasteiger partial charge in [-0.15, -0.1) is 5.54 Å². The van der Waals surface area contributed by atoms with E-state index >= 15 is 0 Å². The fraction of sp³-hybridized carbons (Fsp3) is 0.294. The van der Waals surface area contributed by atoms with E-state index in [4.69, 9.17) is 0 Å². The number of carbonyl (C=O) groups excluding carboxylic acids is 1. The topological polar surface area (TPSA) is 92.3 Å². The van der Waals surface area contributed by atoms with Crippen molar-refractivity contribution >= 4 is 90.8 Å². The van der Waals surface area contributed by atoms with Crippen LogP contribution >= 0.6 is 0 Å². The first-order valence-corrected chi connectivity index (χ1v) is 8.70. The van der Waals surface area contributed by atoms with Gasteiger partial charge in [-0.05, 0) is 36.9 Å². The average Bonchev–Trinajstić information content (AvgIpc) is 2.46. The van der Waals surface area contributed by atoms with Crippen molar-refractivity contribution in [3.8, 4) is 0 Å². The fourth-order valence-corrected chi connectivity index (χ4v) is 2.74. The first-order valence-electron chi connectivity index (χ1n) is 7.26. The van der Waals surface area contributed by atoms with Crippen LogP contribution in [0.3, 0.4) is 0 Å². The third kappa shape index (κ3) is 13.3. The van der Waals surface area contributed by atoms with Crippen LogP contribution in [0.1, 0.15) is 36.8 Å². The van der Waals surface area contributed by atoms with E-state index in [1.54, 1.807) is 32.9 Å². The van der Waals surface area contributed by atoms with Crippen LogP contribution in [0.4, 0.5) is 5.69 Å². The summed E-state index contributed by atoms with van der Waals surface area (Å²) in [6.07, 6.45) is 1.22. The van der Waals surface area contributed by atoms with Gasteiger partial charge >= 0.3 is 69.2 Å². The SMILES string of the molecule is Cc1ccc(S(=O)(=O)[N-]c2c[c-]c(C(=O)[N-]C(C)(C)C)nc2)cc1.[Cl-].[Cl-].[Cl-].[Mg+2].[Mg+2].[Mg+2]. The molecular formula is C17H18Cl3Mg3N3O3S. The number of sulfonamides is 1. The summed E-state index contributed by atoms with van der Waals surface area (Å²) in [6, 6.07) is 10.3. The van der Waals surface area contributed by atoms with Crippen LogP contribution in [0.25, 0.3) is 10.0 Å². The smallest absolute Gasteiger partial charge is 1.00 e. The zero-order valence-corrected chi connectivity index (χ0v) is 24.5. The zero-order chi connectivity index (χ0) is 18.0. The Balaban J connectivity index is -0.000000347. The maximum Gasteiger partial charge on any atom is 2.00 e. The summed E-state index contributed by atoms with van der Waals surface area (Å²) in [5.41, 5.74) is 0.554. The summed E-state index contributed by atoms with van der Waals surface area (Å²) in [5, 5.41) is 3.96. The minimum Gasteiger partial charge on any atom is -1.00 e. The summed E-state index contributed by atoms with van der Waals surface area (Å²) in [7, 11) is -3.84. The van der Waals surface area contributed by atoms with Gasteiger partial charge in [-0.2, -0.15) is 12.1 Å². The molecule has 1 amide bonds. The van der Waals surface area contributed by atoms with Gasteiger partial charge in [0, 0.05) is 0 Å². The number of hydrogen-bond donors (Lipinski definition) is 0. The van der Waals surface area contributed by atoms with Crippen molar-refractivity contribution < 1.29 is 50.4 Å². The van der Waals surface area contributed by atoms with Crippen molar-refractivity contribution in [3.05, 3.63) is 63.9 Å². The number of nitrogens with zero attached hydrogens (tertiary/aromatic N) is 3. The van der Waals surface area contributed by atoms with Crippen molar-refractivity contribution in [1.82, 2.24) is 4.98 Å². The van der Waals surface area contributed by atoms with Gasteiger partial charge in [0.05, 0.1) is 4.90 Å². The number of rotatable bonds is 4. The molecule has 0 bridgehead atoms. The van der Waals surface area contributed by atoms with Crippen LogP contribution in [0.5, 0.6) is 0 Å². The molecule has 0 saturated heterocycles. The largest absolute Gasteiger partial charge is 2.00 e. The first-order chi connectivity index (χ1) is 11.1. The third-order valence-corrected chi connectivity index (χ3v) is 4.19. The molecular weight excluding hydrogens is 506 g/mol. The predicted octanol–water partition coefficient (Wildman–Crippen LogP) is -6.23. The van der Waals surface area contributed by atoms with Crippen molar-refractivity contribution in [2.45, 2.75) is 38.1 Å². The molecule has 0 spiro atoms. The molecule has 13 heteroatoms. The van der Waals surface area contributed by atoms with E-state index in [1.807, 2.05) is 6.92 Å². The molecule has 6 nitrogen and oxygen atoms in total. The molecule has 1 heterocycles. The Bertz CT molecular complexity index is 849. The number of aryl methyl sites for hydroxylation is 1. The van der Waals surface area contributed by atoms with Crippen molar-refractivity contribution in [3.63, 3.8) is 0 Å². The second-order valence-electron chi connectivity index (χ2n) is 6.29. The minimum atomic E-state index is -3.84. The Hall–Kier alpha value is 0.759. The maximum absolute atomic E-state index is 12.2. The summed E-state index contributed by atoms with van der Waals surface area (Å²) < 4.78 is 28.2. The Morgan fingerprint density at radius 1 is 1.00 bits per heavy atom. The molecule has 0 saturated carbocycles. The molecule has 0 aliphatic rings. The molecule has 0 atom stereocenters. The number of carbonyl (C=O) groups is 1. The predicted molar refractivity (Wildman–Crippen MR) is 109 cm³/mol. The Kier molecular flexibility index (Phi) is 23.6. The standard InChI is InChI=1S/C17H19N3O3S.3ClH.3Mg/c1-12-5-8-14(9-6-12)24(22,23)20-13-7-10-15(18-11-13)16(21)19-17(2,3)4;;;;;;/h5-9,11H,1-4H3,(H-,19,20,21);3*1H;;;/q-2;;;;3*+2/p-4. The molecule has 0 unspecified atom stereocenters. The zero-order valence-electron chi connectivity index (χ0n) is 17.2. The minimum absolute atomic E-state index is 0. The fourth-order valence-electron chi connectivity index (χ4n) is 1.77. The molecule has 0 radical (unpaired) electrons. The normalized spacial score (nSPS) is 9.47. The number of pyridine rings is 1. The van der Waals surface area contributed by atoms with Gasteiger partial charge < -0.3 is 52.1 Å². The second-order valence-corrected chi connectivity index (χ2v) is 7.89. The Morgan fingerprint density at radius 3 is 1.90 bits per heavy atom. The molecule has 1 aromatic heterocycles. The van der Waals surface area contributed by atoms with Crippen LogP contribution in [-0.2, 0) is 10.0 Å². The molecule has 152 valence electrons. The van der Waals surface area contributed by atoms with Gasteiger partial charge in [-0.1, -0.05) is 38.5 Å². The summed E-state index contributed by atoms with van der Waals surface area (Å²) in [5.74, 6) is -0.504. The van der Waals surface area contributed by atoms with Crippen LogP contribution in [0, 0.1) is 13.0 Å². The summed E-state index contributed by atoms with van der Waals surface area (Å²) >= 11 is 0. The van der Waals surface area contributed by atoms with Crippen LogP contribution in [0.15, 0.2) is 41.4 Å². The number of hydrogen-bond acceptors (Lipinski definition) is 4. The van der Waals surface area contributed by atoms with E-state index in [2.05, 4.69) is 21.1 Å². The number of aromatic nitrogens is 1. The number of halogens is 3. The molecule has 0 aliphatic carbocycles. The van der Waals surface area contributed by atoms with Crippen LogP contribution in [0.2, 0.25) is 0 Å². The molecule has 2 aromatic rings. The van der Waals surface area contributed by atoms with E-state index in [-0.39, 0.29) is 123 Å². The van der Waals surface area contributed by atoms with Crippen LogP contribution < -0.4 is 37.2 Å². The molecule has 0 fully saturated rings. The van der Waals surface area contributed by atoms with Gasteiger partial charge in [0.1, 0.15) is 10.0 Å². The van der Waals surface area contributed by atoms with Gasteiger partial charge in [0.25, 0.3) is 0 Å². The second kappa shape index (κ2) is 17.3. The van der Waals surface area contributed by atoms with Gasteiger partial charge in [0.15, 0.2) is 0 Å². The van der Waals surface area contributed by atoms with E-state index < -0.39 is 21.5 Å². The Morgan fingerprint density at radius 2 is 1.50 bits per heavy atom. The summed E-state index contributed by atoms with van der Waals surface area (Å²) in [4.78, 5) is 15.9. The molecule has 30 heavy (non-hydrogen) atoms. The quantitative estimate of drug-likeness (QED) is 0.295. The third-order valence-electron chi connectivity index (χ3n) is 2.87. The van der Waals surface area contributed by atoms with Crippen molar-refractivity contribution in [2.75, 3.05) is 0 Å². The molecule has 2 rings (SSSR count). The van der Waals surface area contributed by atoms with Crippen molar-refractivity contribution in [1.29, 1.82) is 0 Å². The first kappa shape index (κ1) is 41.1. The monoisotopic (exact) mass is 521 g/mol. The van der Waals surface area contributed by atoms with Crippen molar-refractivity contribution in [2.24, 2.45) is 0 Å². The molecule has 0 aliphatic heterocycles. The van der Waals surface area contributed by atoms with E-state index in [9.17, 15) is 13.2 Å². The van der Waals surface area contributed by atoms with E-state index in [1.165, 1.54) is 24.4 Å². The van der Waals surface area contributed by atoms with Gasteiger partial charge in [0.2, 0.25) is 0 Å². The number of amides is 1. The summed E-state index contributed by atoms with van der Waals surface area (Å²) in [6.45, 7) is 7.25. The van der Waals surface area contributed by atoms with Crippen LogP contribution in [-0.4, -0.2) is 94.0 Å². The molecule has 1 aromatic carbocycles. The van der Waals surface area contributed by atoms with E-state index in [0.717, 1.165) is 5.56 Å². The number of benzene rings is 1. The van der Waals surface area contributed by atoms with Gasteiger partial charge in [-0.3, -0.25) is 4.98 Å². The van der Waals surface area contributed by atoms with E-state index in [0.29, 0.717) is 0 Å². The average molecular weight is 524 g/mol. The Labute approximate surface area is 245 Å². The molecule has 0 N–H and O–H groups in total. The maximum atomic E-state index is 12.2. The van der Waals surface area contributed by atoms with Gasteiger partial charge in [-0.25, -0.2) is 14.1 Å².